The highest BCUT2D eigenvalue weighted by atomic mass is 35.5. The van der Waals surface area contributed by atoms with Crippen LogP contribution in [0, 0.1) is 6.92 Å². The number of nitrogens with one attached hydrogen (secondary N) is 3. The number of para-hydroxylation sites is 1. The first-order valence-electron chi connectivity index (χ1n) is 5.83. The maximum atomic E-state index is 5.73. The van der Waals surface area contributed by atoms with E-state index in [4.69, 9.17) is 5.84 Å². The summed E-state index contributed by atoms with van der Waals surface area (Å²) >= 11 is 0. The van der Waals surface area contributed by atoms with E-state index in [9.17, 15) is 0 Å². The molecule has 5 N–H and O–H groups in total. The minimum absolute atomic E-state index is 0. The van der Waals surface area contributed by atoms with Crippen LogP contribution in [0.3, 0.4) is 0 Å². The number of fused-ring (bicyclic) bond motifs is 1. The Morgan fingerprint density at radius 2 is 2.20 bits per heavy atom. The summed E-state index contributed by atoms with van der Waals surface area (Å²) in [5, 5.41) is 12.0. The van der Waals surface area contributed by atoms with Crippen LogP contribution >= 0.6 is 0 Å². The van der Waals surface area contributed by atoms with E-state index in [1.165, 1.54) is 4.68 Å². The summed E-state index contributed by atoms with van der Waals surface area (Å²) in [5.74, 6) is 6.93. The summed E-state index contributed by atoms with van der Waals surface area (Å²) in [5.41, 5.74) is 4.86. The predicted molar refractivity (Wildman–Crippen MR) is 73.2 cm³/mol. The molecule has 2 heterocycles. The minimum atomic E-state index is 0. The number of anilines is 1. The van der Waals surface area contributed by atoms with Crippen LogP contribution in [0.1, 0.15) is 11.4 Å². The molecule has 0 fully saturated rings. The van der Waals surface area contributed by atoms with Crippen molar-refractivity contribution in [3.63, 3.8) is 0 Å². The Morgan fingerprint density at radius 3 is 2.95 bits per heavy atom. The van der Waals surface area contributed by atoms with Crippen molar-refractivity contribution in [2.24, 2.45) is 5.10 Å². The van der Waals surface area contributed by atoms with Crippen LogP contribution in [-0.2, 0) is 0 Å². The number of aryl methyl sites for hydroxylation is 1. The normalized spacial score (nSPS) is 10.8. The van der Waals surface area contributed by atoms with Gasteiger partial charge in [-0.1, -0.05) is 18.2 Å². The quantitative estimate of drug-likeness (QED) is 0.188. The zero-order chi connectivity index (χ0) is 13.2. The van der Waals surface area contributed by atoms with E-state index in [0.717, 1.165) is 22.3 Å². The fraction of sp³-hybridized carbons (Fsp3) is 0.0833. The van der Waals surface area contributed by atoms with Crippen molar-refractivity contribution in [1.29, 1.82) is 0 Å². The van der Waals surface area contributed by atoms with Gasteiger partial charge in [-0.15, -0.1) is 9.78 Å². The Kier molecular flexibility index (Phi) is 3.90. The number of aromatic nitrogens is 4. The molecule has 104 valence electrons. The highest BCUT2D eigenvalue weighted by Gasteiger charge is 2.11. The van der Waals surface area contributed by atoms with Crippen molar-refractivity contribution in [3.05, 3.63) is 41.9 Å². The van der Waals surface area contributed by atoms with E-state index in [1.807, 2.05) is 37.4 Å². The monoisotopic (exact) mass is 291 g/mol. The SMILES string of the molecule is Cc1[nH]nc(NN=Cc2c[nH]c3ccccc23)[n+]1N.[Cl-]. The molecule has 2 aromatic heterocycles. The number of halogens is 1. The van der Waals surface area contributed by atoms with Gasteiger partial charge in [0.2, 0.25) is 5.82 Å². The first kappa shape index (κ1) is 13.9. The molecule has 0 aliphatic heterocycles. The maximum absolute atomic E-state index is 5.73. The van der Waals surface area contributed by atoms with Gasteiger partial charge in [0.15, 0.2) is 0 Å². The fourth-order valence-corrected chi connectivity index (χ4v) is 1.84. The summed E-state index contributed by atoms with van der Waals surface area (Å²) in [6.07, 6.45) is 3.63. The van der Waals surface area contributed by atoms with Crippen LogP contribution in [-0.4, -0.2) is 21.4 Å². The van der Waals surface area contributed by atoms with Gasteiger partial charge in [-0.25, -0.2) is 0 Å². The third-order valence-corrected chi connectivity index (χ3v) is 2.90. The van der Waals surface area contributed by atoms with Crippen LogP contribution in [0.25, 0.3) is 10.9 Å². The molecule has 20 heavy (non-hydrogen) atoms. The van der Waals surface area contributed by atoms with Crippen molar-refractivity contribution in [3.8, 4) is 0 Å². The Labute approximate surface area is 121 Å². The summed E-state index contributed by atoms with van der Waals surface area (Å²) in [6, 6.07) is 8.04. The molecular formula is C12H14ClN7. The third-order valence-electron chi connectivity index (χ3n) is 2.90. The van der Waals surface area contributed by atoms with Gasteiger partial charge < -0.3 is 17.4 Å². The Balaban J connectivity index is 0.00000147. The smallest absolute Gasteiger partial charge is 0.421 e. The molecule has 3 aromatic rings. The van der Waals surface area contributed by atoms with E-state index in [1.54, 1.807) is 6.21 Å². The zero-order valence-electron chi connectivity index (χ0n) is 10.8. The number of nitrogens with two attached hydrogens (primary N) is 1. The second-order valence-corrected chi connectivity index (χ2v) is 4.16. The van der Waals surface area contributed by atoms with Crippen molar-refractivity contribution < 1.29 is 17.1 Å². The van der Waals surface area contributed by atoms with Crippen molar-refractivity contribution >= 4 is 23.1 Å². The van der Waals surface area contributed by atoms with Gasteiger partial charge in [0.25, 0.3) is 0 Å². The second-order valence-electron chi connectivity index (χ2n) is 4.16. The molecule has 0 spiro atoms. The number of rotatable bonds is 3. The first-order valence-corrected chi connectivity index (χ1v) is 5.83. The lowest BCUT2D eigenvalue weighted by Crippen LogP contribution is -3.00. The van der Waals surface area contributed by atoms with Crippen LogP contribution in [0.4, 0.5) is 5.95 Å². The van der Waals surface area contributed by atoms with Gasteiger partial charge in [-0.2, -0.15) is 10.5 Å². The number of nitrogens with zero attached hydrogens (tertiary/aromatic N) is 3. The number of hydrogen-bond acceptors (Lipinski definition) is 4. The lowest BCUT2D eigenvalue weighted by Gasteiger charge is -1.92. The highest BCUT2D eigenvalue weighted by Crippen LogP contribution is 2.15. The van der Waals surface area contributed by atoms with E-state index in [0.29, 0.717) is 5.95 Å². The molecule has 8 heteroatoms. The van der Waals surface area contributed by atoms with E-state index >= 15 is 0 Å². The van der Waals surface area contributed by atoms with Gasteiger partial charge in [0.05, 0.1) is 6.21 Å². The van der Waals surface area contributed by atoms with Gasteiger partial charge in [-0.3, -0.25) is 5.84 Å². The number of hydrazone groups is 1. The highest BCUT2D eigenvalue weighted by molar-refractivity contribution is 5.99. The molecule has 7 nitrogen and oxygen atoms in total. The number of H-pyrrole nitrogens is 2. The molecule has 0 aliphatic carbocycles. The van der Waals surface area contributed by atoms with Crippen LogP contribution in [0.2, 0.25) is 0 Å². The molecule has 0 amide bonds. The molecule has 0 saturated heterocycles. The van der Waals surface area contributed by atoms with Gasteiger partial charge >= 0.3 is 5.95 Å². The van der Waals surface area contributed by atoms with Crippen molar-refractivity contribution in [2.45, 2.75) is 6.92 Å². The van der Waals surface area contributed by atoms with Crippen LogP contribution < -0.4 is 28.4 Å². The average Bonchev–Trinajstić information content (AvgIpc) is 2.97. The number of nitrogen functional groups attached to an aromatic ring is 1. The van der Waals surface area contributed by atoms with Crippen LogP contribution in [0.15, 0.2) is 35.6 Å². The second kappa shape index (κ2) is 5.62. The van der Waals surface area contributed by atoms with E-state index in [2.05, 4.69) is 25.7 Å². The fourth-order valence-electron chi connectivity index (χ4n) is 1.84. The number of hydrogen-bond donors (Lipinski definition) is 4. The molecule has 0 saturated carbocycles. The topological polar surface area (TPSA) is 98.8 Å². The Hall–Kier alpha value is -2.54. The first-order chi connectivity index (χ1) is 9.25. The minimum Gasteiger partial charge on any atom is -1.00 e. The van der Waals surface area contributed by atoms with Gasteiger partial charge in [-0.05, 0) is 6.07 Å². The third kappa shape index (κ3) is 2.43. The van der Waals surface area contributed by atoms with E-state index < -0.39 is 0 Å². The average molecular weight is 292 g/mol. The molecule has 0 atom stereocenters. The summed E-state index contributed by atoms with van der Waals surface area (Å²) < 4.78 is 1.40. The largest absolute Gasteiger partial charge is 1.00 e. The molecule has 0 aliphatic rings. The molecule has 0 bridgehead atoms. The lowest BCUT2D eigenvalue weighted by atomic mass is 10.2. The maximum Gasteiger partial charge on any atom is 0.421 e. The molecule has 0 unspecified atom stereocenters. The number of aromatic amines is 2. The molecule has 1 aromatic carbocycles. The van der Waals surface area contributed by atoms with E-state index in [-0.39, 0.29) is 12.4 Å². The van der Waals surface area contributed by atoms with Gasteiger partial charge in [0.1, 0.15) is 0 Å². The van der Waals surface area contributed by atoms with Crippen molar-refractivity contribution in [2.75, 3.05) is 11.3 Å². The van der Waals surface area contributed by atoms with Crippen molar-refractivity contribution in [1.82, 2.24) is 15.2 Å². The molecule has 0 radical (unpaired) electrons. The van der Waals surface area contributed by atoms with Crippen LogP contribution in [0.5, 0.6) is 0 Å². The Morgan fingerprint density at radius 1 is 1.40 bits per heavy atom. The molecular weight excluding hydrogens is 278 g/mol. The summed E-state index contributed by atoms with van der Waals surface area (Å²) in [7, 11) is 0. The lowest BCUT2D eigenvalue weighted by molar-refractivity contribution is -0.631. The summed E-state index contributed by atoms with van der Waals surface area (Å²) in [4.78, 5) is 3.18. The summed E-state index contributed by atoms with van der Waals surface area (Å²) in [6.45, 7) is 1.82. The standard InChI is InChI=1S/C12H13N7.ClH/c1-8-16-18-12(19(8)13)17-15-7-9-6-14-11-5-3-2-4-10(9)11;/h2-7H,13H2,1H3,(H2,14,15,17,18);1H. The number of benzene rings is 1. The van der Waals surface area contributed by atoms with Gasteiger partial charge in [0, 0.05) is 34.7 Å². The predicted octanol–water partition coefficient (Wildman–Crippen LogP) is -2.35. The Bertz CT molecular complexity index is 743. The molecule has 3 rings (SSSR count). The zero-order valence-corrected chi connectivity index (χ0v) is 11.5.